The van der Waals surface area contributed by atoms with Gasteiger partial charge >= 0.3 is 5.97 Å². The van der Waals surface area contributed by atoms with Crippen molar-refractivity contribution in [3.05, 3.63) is 0 Å². The van der Waals surface area contributed by atoms with Gasteiger partial charge in [-0.15, -0.1) is 0 Å². The minimum Gasteiger partial charge on any atom is -0.458 e. The summed E-state index contributed by atoms with van der Waals surface area (Å²) in [5, 5.41) is 3.17. The van der Waals surface area contributed by atoms with E-state index >= 15 is 0 Å². The summed E-state index contributed by atoms with van der Waals surface area (Å²) in [6.07, 6.45) is -0.493. The Morgan fingerprint density at radius 1 is 1.47 bits per heavy atom. The number of morpholine rings is 1. The molecule has 0 aromatic carbocycles. The van der Waals surface area contributed by atoms with E-state index in [2.05, 4.69) is 5.32 Å². The first-order chi connectivity index (χ1) is 6.70. The highest BCUT2D eigenvalue weighted by atomic mass is 16.6. The fourth-order valence-electron chi connectivity index (χ4n) is 1.47. The Morgan fingerprint density at radius 3 is 2.53 bits per heavy atom. The molecule has 1 aliphatic rings. The smallest absolute Gasteiger partial charge is 0.337 e. The van der Waals surface area contributed by atoms with E-state index in [1.807, 2.05) is 34.6 Å². The molecule has 0 aromatic rings. The molecule has 88 valence electrons. The van der Waals surface area contributed by atoms with Crippen molar-refractivity contribution < 1.29 is 14.3 Å². The second kappa shape index (κ2) is 4.10. The van der Waals surface area contributed by atoms with E-state index in [4.69, 9.17) is 9.47 Å². The molecular formula is C11H21NO3. The zero-order chi connectivity index (χ0) is 11.7. The normalized spacial score (nSPS) is 26.1. The average Bonchev–Trinajstić information content (AvgIpc) is 1.99. The molecule has 15 heavy (non-hydrogen) atoms. The van der Waals surface area contributed by atoms with Crippen LogP contribution < -0.4 is 5.32 Å². The third kappa shape index (κ3) is 4.18. The second-order valence-electron chi connectivity index (χ2n) is 5.53. The summed E-state index contributed by atoms with van der Waals surface area (Å²) in [4.78, 5) is 11.7. The minimum absolute atomic E-state index is 0.289. The first-order valence-corrected chi connectivity index (χ1v) is 5.31. The van der Waals surface area contributed by atoms with E-state index < -0.39 is 11.7 Å². The van der Waals surface area contributed by atoms with E-state index in [1.165, 1.54) is 0 Å². The molecule has 1 N–H and O–H groups in total. The number of carbonyl (C=O) groups is 1. The summed E-state index contributed by atoms with van der Waals surface area (Å²) in [6.45, 7) is 10.8. The van der Waals surface area contributed by atoms with Crippen LogP contribution in [0.3, 0.4) is 0 Å². The maximum absolute atomic E-state index is 11.7. The standard InChI is InChI=1S/C11H21NO3/c1-10(2,3)15-9(13)8-6-12-7-11(4,5)14-8/h8,12H,6-7H2,1-5H3. The van der Waals surface area contributed by atoms with Gasteiger partial charge in [-0.05, 0) is 34.6 Å². The van der Waals surface area contributed by atoms with Crippen molar-refractivity contribution in [1.29, 1.82) is 0 Å². The van der Waals surface area contributed by atoms with Crippen LogP contribution in [-0.2, 0) is 14.3 Å². The molecule has 1 rings (SSSR count). The lowest BCUT2D eigenvalue weighted by atomic mass is 10.1. The maximum atomic E-state index is 11.7. The summed E-state index contributed by atoms with van der Waals surface area (Å²) in [7, 11) is 0. The van der Waals surface area contributed by atoms with E-state index in [-0.39, 0.29) is 11.6 Å². The number of rotatable bonds is 1. The average molecular weight is 215 g/mol. The molecule has 1 unspecified atom stereocenters. The van der Waals surface area contributed by atoms with Crippen molar-refractivity contribution in [2.45, 2.75) is 51.9 Å². The van der Waals surface area contributed by atoms with Gasteiger partial charge in [0, 0.05) is 13.1 Å². The van der Waals surface area contributed by atoms with E-state index in [0.717, 1.165) is 6.54 Å². The molecule has 1 atom stereocenters. The van der Waals surface area contributed by atoms with Crippen LogP contribution in [0.5, 0.6) is 0 Å². The van der Waals surface area contributed by atoms with Crippen LogP contribution in [0.15, 0.2) is 0 Å². The lowest BCUT2D eigenvalue weighted by Crippen LogP contribution is -2.54. The second-order valence-corrected chi connectivity index (χ2v) is 5.53. The quantitative estimate of drug-likeness (QED) is 0.665. The van der Waals surface area contributed by atoms with E-state index in [0.29, 0.717) is 6.54 Å². The first kappa shape index (κ1) is 12.5. The Morgan fingerprint density at radius 2 is 2.07 bits per heavy atom. The zero-order valence-corrected chi connectivity index (χ0v) is 10.2. The molecule has 1 heterocycles. The Kier molecular flexibility index (Phi) is 3.41. The molecule has 0 aromatic heterocycles. The molecule has 1 saturated heterocycles. The number of ether oxygens (including phenoxy) is 2. The third-order valence-electron chi connectivity index (χ3n) is 2.01. The summed E-state index contributed by atoms with van der Waals surface area (Å²) in [5.74, 6) is -0.289. The highest BCUT2D eigenvalue weighted by molar-refractivity contribution is 5.75. The molecule has 4 heteroatoms. The van der Waals surface area contributed by atoms with E-state index in [9.17, 15) is 4.79 Å². The Bertz CT molecular complexity index is 243. The number of carbonyl (C=O) groups excluding carboxylic acids is 1. The van der Waals surface area contributed by atoms with Gasteiger partial charge in [-0.25, -0.2) is 4.79 Å². The number of nitrogens with one attached hydrogen (secondary N) is 1. The van der Waals surface area contributed by atoms with Crippen molar-refractivity contribution in [3.8, 4) is 0 Å². The maximum Gasteiger partial charge on any atom is 0.337 e. The van der Waals surface area contributed by atoms with Crippen LogP contribution in [0, 0.1) is 0 Å². The molecule has 0 radical (unpaired) electrons. The van der Waals surface area contributed by atoms with Crippen molar-refractivity contribution in [1.82, 2.24) is 5.32 Å². The van der Waals surface area contributed by atoms with Crippen LogP contribution in [0.1, 0.15) is 34.6 Å². The molecule has 1 aliphatic heterocycles. The van der Waals surface area contributed by atoms with Gasteiger partial charge in [0.25, 0.3) is 0 Å². The van der Waals surface area contributed by atoms with Gasteiger partial charge in [0.2, 0.25) is 0 Å². The topological polar surface area (TPSA) is 47.6 Å². The summed E-state index contributed by atoms with van der Waals surface area (Å²) < 4.78 is 10.9. The summed E-state index contributed by atoms with van der Waals surface area (Å²) >= 11 is 0. The zero-order valence-electron chi connectivity index (χ0n) is 10.2. The van der Waals surface area contributed by atoms with Gasteiger partial charge in [0.1, 0.15) is 5.60 Å². The van der Waals surface area contributed by atoms with Crippen molar-refractivity contribution in [2.24, 2.45) is 0 Å². The van der Waals surface area contributed by atoms with Crippen molar-refractivity contribution >= 4 is 5.97 Å². The summed E-state index contributed by atoms with van der Waals surface area (Å²) in [5.41, 5.74) is -0.762. The SMILES string of the molecule is CC(C)(C)OC(=O)C1CNCC(C)(C)O1. The van der Waals surface area contributed by atoms with Crippen LogP contribution >= 0.6 is 0 Å². The van der Waals surface area contributed by atoms with Crippen molar-refractivity contribution in [2.75, 3.05) is 13.1 Å². The third-order valence-corrected chi connectivity index (χ3v) is 2.01. The lowest BCUT2D eigenvalue weighted by Gasteiger charge is -2.36. The Balaban J connectivity index is 2.53. The van der Waals surface area contributed by atoms with Crippen LogP contribution in [-0.4, -0.2) is 36.4 Å². The molecule has 0 amide bonds. The fourth-order valence-corrected chi connectivity index (χ4v) is 1.47. The largest absolute Gasteiger partial charge is 0.458 e. The molecule has 0 saturated carbocycles. The molecule has 0 bridgehead atoms. The highest BCUT2D eigenvalue weighted by Crippen LogP contribution is 2.18. The van der Waals surface area contributed by atoms with Gasteiger partial charge in [-0.3, -0.25) is 0 Å². The van der Waals surface area contributed by atoms with Gasteiger partial charge in [-0.1, -0.05) is 0 Å². The minimum atomic E-state index is -0.493. The van der Waals surface area contributed by atoms with Crippen LogP contribution in [0.4, 0.5) is 0 Å². The van der Waals surface area contributed by atoms with Crippen LogP contribution in [0.25, 0.3) is 0 Å². The first-order valence-electron chi connectivity index (χ1n) is 5.31. The van der Waals surface area contributed by atoms with Crippen molar-refractivity contribution in [3.63, 3.8) is 0 Å². The van der Waals surface area contributed by atoms with Gasteiger partial charge in [0.15, 0.2) is 6.10 Å². The number of hydrogen-bond donors (Lipinski definition) is 1. The van der Waals surface area contributed by atoms with Crippen LogP contribution in [0.2, 0.25) is 0 Å². The highest BCUT2D eigenvalue weighted by Gasteiger charge is 2.34. The summed E-state index contributed by atoms with van der Waals surface area (Å²) in [6, 6.07) is 0. The van der Waals surface area contributed by atoms with E-state index in [1.54, 1.807) is 0 Å². The monoisotopic (exact) mass is 215 g/mol. The van der Waals surface area contributed by atoms with Gasteiger partial charge in [0.05, 0.1) is 5.60 Å². The molecule has 0 aliphatic carbocycles. The predicted octanol–water partition coefficient (Wildman–Crippen LogP) is 1.10. The molecular weight excluding hydrogens is 194 g/mol. The predicted molar refractivity (Wildman–Crippen MR) is 57.7 cm³/mol. The molecule has 4 nitrogen and oxygen atoms in total. The van der Waals surface area contributed by atoms with Gasteiger partial charge < -0.3 is 14.8 Å². The Hall–Kier alpha value is -0.610. The number of hydrogen-bond acceptors (Lipinski definition) is 4. The lowest BCUT2D eigenvalue weighted by molar-refractivity contribution is -0.182. The molecule has 1 fully saturated rings. The fraction of sp³-hybridized carbons (Fsp3) is 0.909. The van der Waals surface area contributed by atoms with Gasteiger partial charge in [-0.2, -0.15) is 0 Å². The number of esters is 1. The Labute approximate surface area is 91.3 Å². The molecule has 0 spiro atoms.